The van der Waals surface area contributed by atoms with Gasteiger partial charge < -0.3 is 11.1 Å². The Morgan fingerprint density at radius 2 is 2.17 bits per heavy atom. The molecule has 18 heavy (non-hydrogen) atoms. The van der Waals surface area contributed by atoms with Gasteiger partial charge in [0.15, 0.2) is 5.96 Å². The van der Waals surface area contributed by atoms with E-state index in [1.807, 2.05) is 20.8 Å². The van der Waals surface area contributed by atoms with E-state index in [1.54, 1.807) is 0 Å². The van der Waals surface area contributed by atoms with Crippen molar-refractivity contribution in [1.82, 2.24) is 14.9 Å². The van der Waals surface area contributed by atoms with Gasteiger partial charge in [0, 0.05) is 17.9 Å². The number of imidazole rings is 1. The lowest BCUT2D eigenvalue weighted by Crippen LogP contribution is -2.45. The van der Waals surface area contributed by atoms with E-state index in [0.717, 1.165) is 4.57 Å². The largest absolute Gasteiger partial charge is 0.370 e. The molecule has 0 saturated carbocycles. The Balaban J connectivity index is 0.00000289. The SMILES string of the molecule is CC(C)(C)NC(N)=NCc1nccn1C(F)F.I. The standard InChI is InChI=1S/C10H17F2N5.HI/c1-10(2,3)16-9(13)15-6-7-14-4-5-17(7)8(11)12;/h4-5,8H,6H2,1-3H3,(H3,13,15,16);1H. The van der Waals surface area contributed by atoms with Crippen LogP contribution >= 0.6 is 24.0 Å². The van der Waals surface area contributed by atoms with Gasteiger partial charge in [-0.3, -0.25) is 4.57 Å². The summed E-state index contributed by atoms with van der Waals surface area (Å²) in [5.74, 6) is 0.389. The van der Waals surface area contributed by atoms with E-state index >= 15 is 0 Å². The lowest BCUT2D eigenvalue weighted by Gasteiger charge is -2.20. The number of guanidine groups is 1. The Morgan fingerprint density at radius 1 is 1.56 bits per heavy atom. The number of halogens is 3. The summed E-state index contributed by atoms with van der Waals surface area (Å²) in [6, 6.07) is 0. The zero-order valence-electron chi connectivity index (χ0n) is 10.5. The molecule has 0 amide bonds. The second-order valence-corrected chi connectivity index (χ2v) is 4.60. The maximum atomic E-state index is 12.5. The molecule has 0 aliphatic carbocycles. The van der Waals surface area contributed by atoms with Crippen molar-refractivity contribution in [2.75, 3.05) is 0 Å². The first-order valence-corrected chi connectivity index (χ1v) is 5.17. The number of aromatic nitrogens is 2. The number of hydrogen-bond donors (Lipinski definition) is 2. The van der Waals surface area contributed by atoms with Crippen LogP contribution in [0, 0.1) is 0 Å². The quantitative estimate of drug-likeness (QED) is 0.485. The van der Waals surface area contributed by atoms with Crippen LogP contribution in [0.25, 0.3) is 0 Å². The van der Waals surface area contributed by atoms with Crippen LogP contribution in [0.3, 0.4) is 0 Å². The van der Waals surface area contributed by atoms with Crippen LogP contribution in [-0.4, -0.2) is 21.0 Å². The van der Waals surface area contributed by atoms with Crippen molar-refractivity contribution in [1.29, 1.82) is 0 Å². The molecule has 0 unspecified atom stereocenters. The summed E-state index contributed by atoms with van der Waals surface area (Å²) >= 11 is 0. The summed E-state index contributed by atoms with van der Waals surface area (Å²) < 4.78 is 25.7. The number of alkyl halides is 2. The molecule has 104 valence electrons. The Morgan fingerprint density at radius 3 is 2.67 bits per heavy atom. The third kappa shape index (κ3) is 5.61. The molecule has 0 fully saturated rings. The zero-order valence-corrected chi connectivity index (χ0v) is 12.9. The lowest BCUT2D eigenvalue weighted by atomic mass is 10.1. The van der Waals surface area contributed by atoms with Gasteiger partial charge in [0.25, 0.3) is 0 Å². The van der Waals surface area contributed by atoms with Crippen LogP contribution in [-0.2, 0) is 6.54 Å². The molecule has 1 aromatic heterocycles. The molecule has 0 radical (unpaired) electrons. The van der Waals surface area contributed by atoms with Gasteiger partial charge in [0.2, 0.25) is 0 Å². The highest BCUT2D eigenvalue weighted by Gasteiger charge is 2.12. The van der Waals surface area contributed by atoms with Crippen LogP contribution in [0.2, 0.25) is 0 Å². The summed E-state index contributed by atoms with van der Waals surface area (Å²) in [7, 11) is 0. The van der Waals surface area contributed by atoms with Gasteiger partial charge in [0.05, 0.1) is 0 Å². The predicted molar refractivity (Wildman–Crippen MR) is 77.1 cm³/mol. The maximum Gasteiger partial charge on any atom is 0.319 e. The van der Waals surface area contributed by atoms with Gasteiger partial charge in [-0.2, -0.15) is 8.78 Å². The highest BCUT2D eigenvalue weighted by molar-refractivity contribution is 14.0. The van der Waals surface area contributed by atoms with E-state index < -0.39 is 6.55 Å². The van der Waals surface area contributed by atoms with E-state index in [4.69, 9.17) is 5.73 Å². The van der Waals surface area contributed by atoms with Crippen LogP contribution < -0.4 is 11.1 Å². The highest BCUT2D eigenvalue weighted by atomic mass is 127. The molecule has 1 aromatic rings. The number of nitrogens with zero attached hydrogens (tertiary/aromatic N) is 3. The number of hydrogen-bond acceptors (Lipinski definition) is 2. The fourth-order valence-electron chi connectivity index (χ4n) is 1.22. The molecule has 0 aromatic carbocycles. The van der Waals surface area contributed by atoms with Crippen molar-refractivity contribution in [2.24, 2.45) is 10.7 Å². The number of aliphatic imine (C=N–C) groups is 1. The maximum absolute atomic E-state index is 12.5. The minimum absolute atomic E-state index is 0. The summed E-state index contributed by atoms with van der Waals surface area (Å²) in [5, 5.41) is 2.93. The van der Waals surface area contributed by atoms with E-state index in [2.05, 4.69) is 15.3 Å². The highest BCUT2D eigenvalue weighted by Crippen LogP contribution is 2.12. The van der Waals surface area contributed by atoms with Gasteiger partial charge in [0.1, 0.15) is 12.4 Å². The second kappa shape index (κ2) is 6.86. The molecule has 8 heteroatoms. The minimum Gasteiger partial charge on any atom is -0.370 e. The summed E-state index contributed by atoms with van der Waals surface area (Å²) in [6.45, 7) is 3.19. The third-order valence-electron chi connectivity index (χ3n) is 1.85. The molecule has 1 heterocycles. The molecule has 0 spiro atoms. The Bertz CT molecular complexity index is 397. The summed E-state index contributed by atoms with van der Waals surface area (Å²) in [5.41, 5.74) is 5.40. The van der Waals surface area contributed by atoms with Crippen molar-refractivity contribution in [2.45, 2.75) is 39.4 Å². The summed E-state index contributed by atoms with van der Waals surface area (Å²) in [6.07, 6.45) is 2.52. The molecule has 0 aliphatic heterocycles. The van der Waals surface area contributed by atoms with Crippen LogP contribution in [0.1, 0.15) is 33.1 Å². The van der Waals surface area contributed by atoms with Gasteiger partial charge in [-0.1, -0.05) is 0 Å². The van der Waals surface area contributed by atoms with Gasteiger partial charge in [-0.05, 0) is 20.8 Å². The normalized spacial score (nSPS) is 12.4. The Kier molecular flexibility index (Phi) is 6.50. The first-order chi connectivity index (χ1) is 7.79. The first kappa shape index (κ1) is 17.1. The van der Waals surface area contributed by atoms with E-state index in [-0.39, 0.29) is 47.8 Å². The monoisotopic (exact) mass is 373 g/mol. The smallest absolute Gasteiger partial charge is 0.319 e. The number of rotatable bonds is 3. The van der Waals surface area contributed by atoms with E-state index in [1.165, 1.54) is 12.4 Å². The lowest BCUT2D eigenvalue weighted by molar-refractivity contribution is 0.0671. The Labute approximate surface area is 122 Å². The topological polar surface area (TPSA) is 68.2 Å². The van der Waals surface area contributed by atoms with Crippen LogP contribution in [0.4, 0.5) is 8.78 Å². The molecule has 3 N–H and O–H groups in total. The number of nitrogens with two attached hydrogens (primary N) is 1. The van der Waals surface area contributed by atoms with E-state index in [0.29, 0.717) is 0 Å². The van der Waals surface area contributed by atoms with E-state index in [9.17, 15) is 8.78 Å². The first-order valence-electron chi connectivity index (χ1n) is 5.17. The van der Waals surface area contributed by atoms with Crippen molar-refractivity contribution >= 4 is 29.9 Å². The van der Waals surface area contributed by atoms with Crippen LogP contribution in [0.5, 0.6) is 0 Å². The Hall–Kier alpha value is -0.930. The zero-order chi connectivity index (χ0) is 13.1. The molecular weight excluding hydrogens is 355 g/mol. The van der Waals surface area contributed by atoms with Crippen molar-refractivity contribution in [3.63, 3.8) is 0 Å². The van der Waals surface area contributed by atoms with Crippen LogP contribution in [0.15, 0.2) is 17.4 Å². The third-order valence-corrected chi connectivity index (χ3v) is 1.85. The molecule has 0 atom stereocenters. The van der Waals surface area contributed by atoms with Gasteiger partial charge in [-0.15, -0.1) is 24.0 Å². The number of nitrogens with one attached hydrogen (secondary N) is 1. The fourth-order valence-corrected chi connectivity index (χ4v) is 1.22. The van der Waals surface area contributed by atoms with Gasteiger partial charge in [-0.25, -0.2) is 9.98 Å². The molecule has 1 rings (SSSR count). The molecule has 5 nitrogen and oxygen atoms in total. The average molecular weight is 373 g/mol. The second-order valence-electron chi connectivity index (χ2n) is 4.60. The molecule has 0 bridgehead atoms. The predicted octanol–water partition coefficient (Wildman–Crippen LogP) is 2.10. The molecular formula is C10H18F2IN5. The van der Waals surface area contributed by atoms with Gasteiger partial charge >= 0.3 is 6.55 Å². The summed E-state index contributed by atoms with van der Waals surface area (Å²) in [4.78, 5) is 7.76. The molecule has 0 saturated heterocycles. The van der Waals surface area contributed by atoms with Crippen molar-refractivity contribution in [3.05, 3.63) is 18.2 Å². The minimum atomic E-state index is -2.61. The molecule has 0 aliphatic rings. The fraction of sp³-hybridized carbons (Fsp3) is 0.600. The van der Waals surface area contributed by atoms with Crippen molar-refractivity contribution in [3.8, 4) is 0 Å². The average Bonchev–Trinajstić information content (AvgIpc) is 2.59. The van der Waals surface area contributed by atoms with Crippen molar-refractivity contribution < 1.29 is 8.78 Å².